The predicted molar refractivity (Wildman–Crippen MR) is 120 cm³/mol. The summed E-state index contributed by atoms with van der Waals surface area (Å²) in [7, 11) is 0. The molecule has 2 aromatic heterocycles. The van der Waals surface area contributed by atoms with Crippen LogP contribution >= 0.6 is 27.3 Å². The van der Waals surface area contributed by atoms with Gasteiger partial charge >= 0.3 is 0 Å². The summed E-state index contributed by atoms with van der Waals surface area (Å²) < 4.78 is 3.04. The highest BCUT2D eigenvalue weighted by Crippen LogP contribution is 2.27. The Labute approximate surface area is 177 Å². The van der Waals surface area contributed by atoms with Gasteiger partial charge < -0.3 is 15.2 Å². The largest absolute Gasteiger partial charge is 0.348 e. The second-order valence-electron chi connectivity index (χ2n) is 7.44. The predicted octanol–water partition coefficient (Wildman–Crippen LogP) is 5.48. The third-order valence-corrected chi connectivity index (χ3v) is 5.35. The summed E-state index contributed by atoms with van der Waals surface area (Å²) in [5.41, 5.74) is 3.20. The second-order valence-corrected chi connectivity index (χ2v) is 9.21. The van der Waals surface area contributed by atoms with E-state index in [4.69, 9.17) is 0 Å². The lowest BCUT2D eigenvalue weighted by molar-refractivity contribution is 0.0957. The van der Waals surface area contributed by atoms with Crippen molar-refractivity contribution < 1.29 is 4.79 Å². The minimum Gasteiger partial charge on any atom is -0.348 e. The fraction of sp³-hybridized carbons (Fsp3) is 0.238. The average Bonchev–Trinajstić information content (AvgIpc) is 3.29. The smallest absolute Gasteiger partial charge is 0.253 e. The number of halogens is 1. The van der Waals surface area contributed by atoms with Crippen LogP contribution in [0, 0.1) is 0 Å². The van der Waals surface area contributed by atoms with Gasteiger partial charge in [0.25, 0.3) is 5.91 Å². The van der Waals surface area contributed by atoms with Gasteiger partial charge in [0, 0.05) is 39.0 Å². The molecule has 0 bridgehead atoms. The monoisotopic (exact) mass is 458 g/mol. The lowest BCUT2D eigenvalue weighted by atomic mass is 10.1. The van der Waals surface area contributed by atoms with Gasteiger partial charge in [-0.25, -0.2) is 4.98 Å². The molecular formula is C21H23BrN4OS. The minimum atomic E-state index is -0.125. The molecule has 0 spiro atoms. The molecule has 7 heteroatoms. The molecule has 1 amide bonds. The van der Waals surface area contributed by atoms with E-state index < -0.39 is 0 Å². The average molecular weight is 459 g/mol. The molecule has 0 saturated heterocycles. The maximum atomic E-state index is 12.4. The number of amides is 1. The van der Waals surface area contributed by atoms with Crippen molar-refractivity contribution in [2.75, 3.05) is 11.9 Å². The number of hydrogen-bond donors (Lipinski definition) is 2. The number of nitrogens with zero attached hydrogens (tertiary/aromatic N) is 2. The summed E-state index contributed by atoms with van der Waals surface area (Å²) in [5, 5.41) is 8.79. The highest BCUT2D eigenvalue weighted by atomic mass is 79.9. The zero-order chi connectivity index (χ0) is 20.3. The zero-order valence-electron chi connectivity index (χ0n) is 16.1. The molecule has 146 valence electrons. The van der Waals surface area contributed by atoms with Gasteiger partial charge in [-0.3, -0.25) is 4.79 Å². The number of hydrogen-bond acceptors (Lipinski definition) is 4. The van der Waals surface area contributed by atoms with Crippen molar-refractivity contribution in [1.82, 2.24) is 14.9 Å². The van der Waals surface area contributed by atoms with Crippen LogP contribution in [0.25, 0.3) is 11.3 Å². The summed E-state index contributed by atoms with van der Waals surface area (Å²) in [5.74, 6) is -0.125. The van der Waals surface area contributed by atoms with Crippen LogP contribution in [0.2, 0.25) is 0 Å². The van der Waals surface area contributed by atoms with Gasteiger partial charge in [0.2, 0.25) is 0 Å². The van der Waals surface area contributed by atoms with Crippen molar-refractivity contribution >= 4 is 38.3 Å². The maximum Gasteiger partial charge on any atom is 0.253 e. The van der Waals surface area contributed by atoms with Crippen LogP contribution in [0.15, 0.2) is 64.9 Å². The van der Waals surface area contributed by atoms with E-state index in [9.17, 15) is 4.79 Å². The fourth-order valence-electron chi connectivity index (χ4n) is 2.54. The zero-order valence-corrected chi connectivity index (χ0v) is 18.5. The lowest BCUT2D eigenvalue weighted by Crippen LogP contribution is -2.27. The molecule has 0 aliphatic rings. The first-order chi connectivity index (χ1) is 13.2. The van der Waals surface area contributed by atoms with Crippen molar-refractivity contribution in [3.8, 4) is 11.3 Å². The lowest BCUT2D eigenvalue weighted by Gasteiger charge is -2.20. The summed E-state index contributed by atoms with van der Waals surface area (Å²) in [6.07, 6.45) is 3.78. The Morgan fingerprint density at radius 1 is 1.32 bits per heavy atom. The number of benzene rings is 1. The third kappa shape index (κ3) is 5.11. The minimum absolute atomic E-state index is 0.0550. The van der Waals surface area contributed by atoms with Crippen LogP contribution in [-0.2, 0) is 5.54 Å². The highest BCUT2D eigenvalue weighted by molar-refractivity contribution is 9.10. The summed E-state index contributed by atoms with van der Waals surface area (Å²) in [6.45, 7) is 10.6. The van der Waals surface area contributed by atoms with Crippen LogP contribution in [0.1, 0.15) is 31.1 Å². The molecule has 1 aromatic carbocycles. The van der Waals surface area contributed by atoms with Crippen molar-refractivity contribution in [3.63, 3.8) is 0 Å². The first kappa shape index (κ1) is 20.4. The van der Waals surface area contributed by atoms with Gasteiger partial charge in [-0.15, -0.1) is 11.3 Å². The first-order valence-electron chi connectivity index (χ1n) is 8.85. The molecule has 0 radical (unpaired) electrons. The topological polar surface area (TPSA) is 59.0 Å². The van der Waals surface area contributed by atoms with E-state index in [0.717, 1.165) is 20.9 Å². The Morgan fingerprint density at radius 2 is 2.11 bits per heavy atom. The molecule has 2 heterocycles. The molecule has 0 fully saturated rings. The molecule has 5 nitrogen and oxygen atoms in total. The van der Waals surface area contributed by atoms with Crippen LogP contribution in [0.4, 0.5) is 5.13 Å². The number of carbonyl (C=O) groups excluding carboxylic acids is 1. The van der Waals surface area contributed by atoms with Gasteiger partial charge in [0.15, 0.2) is 5.13 Å². The van der Waals surface area contributed by atoms with E-state index in [-0.39, 0.29) is 11.4 Å². The van der Waals surface area contributed by atoms with E-state index in [2.05, 4.69) is 58.9 Å². The Hall–Kier alpha value is -2.38. The van der Waals surface area contributed by atoms with Crippen LogP contribution in [0.5, 0.6) is 0 Å². The standard InChI is InChI=1S/C21H23BrN4OS/c1-14(11-23-19(27)16-8-9-26(12-16)21(2,3)4)24-20-25-18(13-28-20)15-6-5-7-17(22)10-15/h5-10,12-13H,1,11H2,2-4H3,(H,23,27)(H,24,25). The SMILES string of the molecule is C=C(CNC(=O)c1ccn(C(C)(C)C)c1)Nc1nc(-c2cccc(Br)c2)cs1. The number of thiazole rings is 1. The van der Waals surface area contributed by atoms with Gasteiger partial charge in [-0.05, 0) is 39.0 Å². The number of carbonyl (C=O) groups is 1. The van der Waals surface area contributed by atoms with Crippen LogP contribution in [0.3, 0.4) is 0 Å². The van der Waals surface area contributed by atoms with Crippen molar-refractivity contribution in [3.05, 3.63) is 70.4 Å². The normalized spacial score (nSPS) is 11.3. The fourth-order valence-corrected chi connectivity index (χ4v) is 3.71. The van der Waals surface area contributed by atoms with E-state index in [1.807, 2.05) is 52.7 Å². The number of anilines is 1. The van der Waals surface area contributed by atoms with E-state index >= 15 is 0 Å². The Balaban J connectivity index is 1.55. The molecule has 0 aliphatic heterocycles. The van der Waals surface area contributed by atoms with Crippen molar-refractivity contribution in [1.29, 1.82) is 0 Å². The molecule has 2 N–H and O–H groups in total. The van der Waals surface area contributed by atoms with Gasteiger partial charge in [0.1, 0.15) is 0 Å². The summed E-state index contributed by atoms with van der Waals surface area (Å²) in [6, 6.07) is 9.82. The number of rotatable bonds is 6. The summed E-state index contributed by atoms with van der Waals surface area (Å²) >= 11 is 4.98. The van der Waals surface area contributed by atoms with E-state index in [1.165, 1.54) is 11.3 Å². The van der Waals surface area contributed by atoms with E-state index in [0.29, 0.717) is 17.8 Å². The molecule has 0 aliphatic carbocycles. The van der Waals surface area contributed by atoms with Crippen LogP contribution in [-0.4, -0.2) is 22.0 Å². The van der Waals surface area contributed by atoms with Gasteiger partial charge in [-0.1, -0.05) is 34.6 Å². The van der Waals surface area contributed by atoms with Gasteiger partial charge in [0.05, 0.1) is 17.8 Å². The molecule has 0 atom stereocenters. The Kier molecular flexibility index (Phi) is 6.05. The molecule has 3 aromatic rings. The van der Waals surface area contributed by atoms with Crippen LogP contribution < -0.4 is 10.6 Å². The van der Waals surface area contributed by atoms with Crippen molar-refractivity contribution in [2.45, 2.75) is 26.3 Å². The second kappa shape index (κ2) is 8.32. The molecular weight excluding hydrogens is 436 g/mol. The summed E-state index contributed by atoms with van der Waals surface area (Å²) in [4.78, 5) is 16.9. The number of nitrogens with one attached hydrogen (secondary N) is 2. The highest BCUT2D eigenvalue weighted by Gasteiger charge is 2.15. The molecule has 0 unspecified atom stereocenters. The molecule has 3 rings (SSSR count). The first-order valence-corrected chi connectivity index (χ1v) is 10.5. The van der Waals surface area contributed by atoms with Crippen molar-refractivity contribution in [2.24, 2.45) is 0 Å². The molecule has 0 saturated carbocycles. The Morgan fingerprint density at radius 3 is 2.79 bits per heavy atom. The van der Waals surface area contributed by atoms with E-state index in [1.54, 1.807) is 0 Å². The van der Waals surface area contributed by atoms with Gasteiger partial charge in [-0.2, -0.15) is 0 Å². The third-order valence-electron chi connectivity index (χ3n) is 4.10. The number of aromatic nitrogens is 2. The quantitative estimate of drug-likeness (QED) is 0.513. The Bertz CT molecular complexity index is 1000. The maximum absolute atomic E-state index is 12.4. The molecule has 28 heavy (non-hydrogen) atoms.